The van der Waals surface area contributed by atoms with Gasteiger partial charge in [-0.3, -0.25) is 4.79 Å². The fourth-order valence-corrected chi connectivity index (χ4v) is 3.51. The van der Waals surface area contributed by atoms with Crippen molar-refractivity contribution >= 4 is 17.7 Å². The van der Waals surface area contributed by atoms with Gasteiger partial charge in [-0.2, -0.15) is 0 Å². The summed E-state index contributed by atoms with van der Waals surface area (Å²) in [6.07, 6.45) is 4.45. The molecule has 1 aromatic carbocycles. The summed E-state index contributed by atoms with van der Waals surface area (Å²) in [6.45, 7) is 6.27. The van der Waals surface area contributed by atoms with E-state index in [0.29, 0.717) is 6.42 Å². The molecule has 21 heavy (non-hydrogen) atoms. The van der Waals surface area contributed by atoms with Crippen LogP contribution in [0, 0.1) is 0 Å². The maximum atomic E-state index is 12.6. The Bertz CT molecular complexity index is 493. The Balaban J connectivity index is 2.43. The first-order valence-corrected chi connectivity index (χ1v) is 8.79. The Labute approximate surface area is 132 Å². The van der Waals surface area contributed by atoms with Gasteiger partial charge in [-0.25, -0.2) is 0 Å². The number of benzene rings is 1. The molecule has 2 rings (SSSR count). The highest BCUT2D eigenvalue weighted by Crippen LogP contribution is 2.35. The second kappa shape index (κ2) is 6.41. The van der Waals surface area contributed by atoms with Crippen LogP contribution in [0.3, 0.4) is 0 Å². The van der Waals surface area contributed by atoms with Crippen molar-refractivity contribution in [1.29, 1.82) is 0 Å². The third-order valence-corrected chi connectivity index (χ3v) is 4.80. The fraction of sp³-hybridized carbons (Fsp3) is 0.588. The average molecular weight is 306 g/mol. The number of amides is 1. The van der Waals surface area contributed by atoms with Crippen LogP contribution in [0.1, 0.15) is 51.6 Å². The molecule has 0 saturated carbocycles. The zero-order valence-corrected chi connectivity index (χ0v) is 14.2. The van der Waals surface area contributed by atoms with E-state index in [1.54, 1.807) is 11.8 Å². The highest BCUT2D eigenvalue weighted by molar-refractivity contribution is 7.98. The zero-order valence-electron chi connectivity index (χ0n) is 13.4. The molecule has 2 atom stereocenters. The van der Waals surface area contributed by atoms with E-state index >= 15 is 0 Å². The van der Waals surface area contributed by atoms with Gasteiger partial charge in [-0.05, 0) is 57.6 Å². The van der Waals surface area contributed by atoms with Crippen LogP contribution in [0.2, 0.25) is 0 Å². The molecule has 2 N–H and O–H groups in total. The summed E-state index contributed by atoms with van der Waals surface area (Å²) in [5, 5.41) is 0. The molecule has 1 aliphatic heterocycles. The van der Waals surface area contributed by atoms with Gasteiger partial charge in [0.25, 0.3) is 0 Å². The minimum Gasteiger partial charge on any atom is -0.329 e. The van der Waals surface area contributed by atoms with E-state index in [1.165, 1.54) is 4.90 Å². The molecular formula is C17H26N2OS. The molecule has 1 heterocycles. The molecule has 0 aromatic heterocycles. The summed E-state index contributed by atoms with van der Waals surface area (Å²) < 4.78 is 0. The lowest BCUT2D eigenvalue weighted by molar-refractivity contribution is -0.139. The monoisotopic (exact) mass is 306 g/mol. The Hall–Kier alpha value is -1.00. The SMILES string of the molecule is CSc1ccc(C2C(N)CCCC(=O)N2C(C)(C)C)cc1. The maximum absolute atomic E-state index is 12.6. The lowest BCUT2D eigenvalue weighted by Gasteiger charge is -2.43. The molecule has 2 unspecified atom stereocenters. The second-order valence-electron chi connectivity index (χ2n) is 6.71. The van der Waals surface area contributed by atoms with Crippen LogP contribution in [-0.2, 0) is 4.79 Å². The van der Waals surface area contributed by atoms with E-state index < -0.39 is 0 Å². The van der Waals surface area contributed by atoms with Crippen LogP contribution in [0.25, 0.3) is 0 Å². The topological polar surface area (TPSA) is 46.3 Å². The number of hydrogen-bond donors (Lipinski definition) is 1. The summed E-state index contributed by atoms with van der Waals surface area (Å²) in [5.41, 5.74) is 7.36. The van der Waals surface area contributed by atoms with Gasteiger partial charge in [-0.15, -0.1) is 11.8 Å². The van der Waals surface area contributed by atoms with Gasteiger partial charge >= 0.3 is 0 Å². The van der Waals surface area contributed by atoms with E-state index in [9.17, 15) is 4.79 Å². The molecule has 0 bridgehead atoms. The van der Waals surface area contributed by atoms with Gasteiger partial charge in [0.05, 0.1) is 6.04 Å². The Kier molecular flexibility index (Phi) is 4.99. The van der Waals surface area contributed by atoms with Crippen molar-refractivity contribution in [2.24, 2.45) is 5.73 Å². The van der Waals surface area contributed by atoms with Crippen molar-refractivity contribution in [3.63, 3.8) is 0 Å². The van der Waals surface area contributed by atoms with Crippen molar-refractivity contribution in [3.8, 4) is 0 Å². The van der Waals surface area contributed by atoms with Crippen molar-refractivity contribution < 1.29 is 4.79 Å². The standard InChI is InChI=1S/C17H26N2OS/c1-17(2,3)19-15(20)7-5-6-14(18)16(19)12-8-10-13(21-4)11-9-12/h8-11,14,16H,5-7,18H2,1-4H3. The molecular weight excluding hydrogens is 280 g/mol. The third-order valence-electron chi connectivity index (χ3n) is 4.06. The quantitative estimate of drug-likeness (QED) is 0.849. The molecule has 1 saturated heterocycles. The van der Waals surface area contributed by atoms with Crippen LogP contribution in [0.15, 0.2) is 29.2 Å². The van der Waals surface area contributed by atoms with E-state index in [0.717, 1.165) is 18.4 Å². The predicted molar refractivity (Wildman–Crippen MR) is 89.4 cm³/mol. The van der Waals surface area contributed by atoms with E-state index in [1.807, 2.05) is 4.90 Å². The Morgan fingerprint density at radius 1 is 1.24 bits per heavy atom. The average Bonchev–Trinajstić information content (AvgIpc) is 2.57. The summed E-state index contributed by atoms with van der Waals surface area (Å²) in [6, 6.07) is 8.43. The fourth-order valence-electron chi connectivity index (χ4n) is 3.10. The van der Waals surface area contributed by atoms with Gasteiger partial charge in [0.2, 0.25) is 5.91 Å². The molecule has 4 heteroatoms. The van der Waals surface area contributed by atoms with Gasteiger partial charge in [0.1, 0.15) is 0 Å². The number of likely N-dealkylation sites (tertiary alicyclic amines) is 1. The number of hydrogen-bond acceptors (Lipinski definition) is 3. The minimum atomic E-state index is -0.220. The highest BCUT2D eigenvalue weighted by atomic mass is 32.2. The first-order chi connectivity index (χ1) is 9.84. The van der Waals surface area contributed by atoms with Gasteiger partial charge < -0.3 is 10.6 Å². The molecule has 1 fully saturated rings. The lowest BCUT2D eigenvalue weighted by Crippen LogP contribution is -2.51. The van der Waals surface area contributed by atoms with Gasteiger partial charge in [0.15, 0.2) is 0 Å². The van der Waals surface area contributed by atoms with Crippen molar-refractivity contribution in [2.45, 2.75) is 62.6 Å². The number of rotatable bonds is 2. The predicted octanol–water partition coefficient (Wildman–Crippen LogP) is 3.59. The van der Waals surface area contributed by atoms with Crippen molar-refractivity contribution in [1.82, 2.24) is 4.90 Å². The van der Waals surface area contributed by atoms with Crippen LogP contribution >= 0.6 is 11.8 Å². The first kappa shape index (κ1) is 16.4. The number of carbonyl (C=O) groups excluding carboxylic acids is 1. The molecule has 0 radical (unpaired) electrons. The summed E-state index contributed by atoms with van der Waals surface area (Å²) in [4.78, 5) is 15.8. The number of nitrogens with zero attached hydrogens (tertiary/aromatic N) is 1. The molecule has 3 nitrogen and oxygen atoms in total. The van der Waals surface area contributed by atoms with Gasteiger partial charge in [-0.1, -0.05) is 12.1 Å². The Morgan fingerprint density at radius 2 is 1.86 bits per heavy atom. The molecule has 1 aliphatic rings. The van der Waals surface area contributed by atoms with E-state index in [2.05, 4.69) is 51.3 Å². The zero-order chi connectivity index (χ0) is 15.6. The van der Waals surface area contributed by atoms with Gasteiger partial charge in [0, 0.05) is 22.9 Å². The summed E-state index contributed by atoms with van der Waals surface area (Å²) in [5.74, 6) is 0.217. The maximum Gasteiger partial charge on any atom is 0.223 e. The smallest absolute Gasteiger partial charge is 0.223 e. The molecule has 0 aliphatic carbocycles. The molecule has 0 spiro atoms. The molecule has 1 aromatic rings. The van der Waals surface area contributed by atoms with Crippen molar-refractivity contribution in [3.05, 3.63) is 29.8 Å². The third kappa shape index (κ3) is 3.61. The molecule has 116 valence electrons. The number of nitrogens with two attached hydrogens (primary N) is 1. The first-order valence-electron chi connectivity index (χ1n) is 7.56. The summed E-state index contributed by atoms with van der Waals surface area (Å²) >= 11 is 1.72. The van der Waals surface area contributed by atoms with Crippen LogP contribution < -0.4 is 5.73 Å². The van der Waals surface area contributed by atoms with E-state index in [4.69, 9.17) is 5.73 Å². The minimum absolute atomic E-state index is 0.00388. The van der Waals surface area contributed by atoms with Crippen molar-refractivity contribution in [2.75, 3.05) is 6.26 Å². The van der Waals surface area contributed by atoms with E-state index in [-0.39, 0.29) is 23.5 Å². The molecule has 1 amide bonds. The lowest BCUT2D eigenvalue weighted by atomic mass is 9.92. The largest absolute Gasteiger partial charge is 0.329 e. The van der Waals surface area contributed by atoms with Crippen LogP contribution in [-0.4, -0.2) is 28.6 Å². The number of carbonyl (C=O) groups is 1. The normalized spacial score (nSPS) is 24.0. The highest BCUT2D eigenvalue weighted by Gasteiger charge is 2.38. The summed E-state index contributed by atoms with van der Waals surface area (Å²) in [7, 11) is 0. The Morgan fingerprint density at radius 3 is 2.38 bits per heavy atom. The van der Waals surface area contributed by atoms with Crippen LogP contribution in [0.5, 0.6) is 0 Å². The second-order valence-corrected chi connectivity index (χ2v) is 7.59. The number of thioether (sulfide) groups is 1. The van der Waals surface area contributed by atoms with Crippen LogP contribution in [0.4, 0.5) is 0 Å².